The van der Waals surface area contributed by atoms with Crippen molar-refractivity contribution < 1.29 is 14.3 Å². The van der Waals surface area contributed by atoms with Gasteiger partial charge in [0.25, 0.3) is 11.8 Å². The molecule has 3 aromatic rings. The number of amides is 2. The third-order valence-corrected chi connectivity index (χ3v) is 5.45. The van der Waals surface area contributed by atoms with E-state index in [4.69, 9.17) is 4.74 Å². The fourth-order valence-corrected chi connectivity index (χ4v) is 3.84. The van der Waals surface area contributed by atoms with E-state index in [9.17, 15) is 9.59 Å². The van der Waals surface area contributed by atoms with Crippen molar-refractivity contribution in [2.45, 2.75) is 20.8 Å². The molecule has 0 saturated carbocycles. The van der Waals surface area contributed by atoms with Crippen LogP contribution in [0.4, 0.5) is 11.4 Å². The van der Waals surface area contributed by atoms with E-state index in [0.717, 1.165) is 22.3 Å². The van der Waals surface area contributed by atoms with Gasteiger partial charge in [-0.3, -0.25) is 9.59 Å². The number of nitrogens with one attached hydrogen (secondary N) is 1. The molecule has 156 valence electrons. The first kappa shape index (κ1) is 20.4. The lowest BCUT2D eigenvalue weighted by Gasteiger charge is -2.18. The van der Waals surface area contributed by atoms with Crippen LogP contribution >= 0.6 is 0 Å². The first-order valence-electron chi connectivity index (χ1n) is 10.1. The van der Waals surface area contributed by atoms with Crippen LogP contribution in [0.5, 0.6) is 5.75 Å². The lowest BCUT2D eigenvalue weighted by Crippen LogP contribution is -2.33. The molecule has 0 aromatic heterocycles. The third-order valence-electron chi connectivity index (χ3n) is 5.45. The minimum atomic E-state index is -0.370. The summed E-state index contributed by atoms with van der Waals surface area (Å²) in [5, 5.41) is 3.19. The van der Waals surface area contributed by atoms with Crippen LogP contribution in [0, 0.1) is 20.8 Å². The molecule has 4 rings (SSSR count). The van der Waals surface area contributed by atoms with Gasteiger partial charge in [0.1, 0.15) is 11.4 Å². The smallest absolute Gasteiger partial charge is 0.282 e. The zero-order valence-corrected chi connectivity index (χ0v) is 18.0. The number of carbonyl (C=O) groups excluding carboxylic acids is 2. The van der Waals surface area contributed by atoms with Crippen molar-refractivity contribution in [2.75, 3.05) is 17.3 Å². The predicted molar refractivity (Wildman–Crippen MR) is 123 cm³/mol. The summed E-state index contributed by atoms with van der Waals surface area (Å²) in [6.45, 7) is 5.85. The van der Waals surface area contributed by atoms with Crippen molar-refractivity contribution in [1.29, 1.82) is 0 Å². The van der Waals surface area contributed by atoms with Gasteiger partial charge in [-0.15, -0.1) is 0 Å². The minimum Gasteiger partial charge on any atom is -0.497 e. The molecule has 2 amide bonds. The van der Waals surface area contributed by atoms with Gasteiger partial charge >= 0.3 is 0 Å². The molecule has 0 saturated heterocycles. The number of anilines is 2. The largest absolute Gasteiger partial charge is 0.497 e. The molecule has 0 atom stereocenters. The van der Waals surface area contributed by atoms with Crippen LogP contribution < -0.4 is 15.0 Å². The van der Waals surface area contributed by atoms with Crippen LogP contribution in [0.1, 0.15) is 22.3 Å². The summed E-state index contributed by atoms with van der Waals surface area (Å²) in [5.41, 5.74) is 5.57. The number of hydrogen-bond acceptors (Lipinski definition) is 4. The van der Waals surface area contributed by atoms with E-state index in [-0.39, 0.29) is 17.5 Å². The van der Waals surface area contributed by atoms with E-state index in [2.05, 4.69) is 5.32 Å². The number of carbonyl (C=O) groups is 2. The van der Waals surface area contributed by atoms with Crippen molar-refractivity contribution in [3.05, 3.63) is 94.7 Å². The molecule has 1 N–H and O–H groups in total. The Morgan fingerprint density at radius 1 is 0.806 bits per heavy atom. The molecule has 1 aliphatic rings. The molecule has 0 aliphatic carbocycles. The summed E-state index contributed by atoms with van der Waals surface area (Å²) in [6, 6.07) is 20.5. The molecule has 31 heavy (non-hydrogen) atoms. The highest BCUT2D eigenvalue weighted by Gasteiger charge is 2.41. The van der Waals surface area contributed by atoms with Gasteiger partial charge in [0.15, 0.2) is 0 Å². The lowest BCUT2D eigenvalue weighted by atomic mass is 9.97. The van der Waals surface area contributed by atoms with E-state index >= 15 is 0 Å². The molecule has 1 aliphatic heterocycles. The second-order valence-corrected chi connectivity index (χ2v) is 7.65. The number of imide groups is 1. The first-order valence-corrected chi connectivity index (χ1v) is 10.1. The molecule has 0 spiro atoms. The Morgan fingerprint density at radius 3 is 2.16 bits per heavy atom. The second-order valence-electron chi connectivity index (χ2n) is 7.65. The summed E-state index contributed by atoms with van der Waals surface area (Å²) in [6.07, 6.45) is 0. The van der Waals surface area contributed by atoms with Gasteiger partial charge in [-0.25, -0.2) is 4.90 Å². The van der Waals surface area contributed by atoms with Gasteiger partial charge in [-0.1, -0.05) is 42.0 Å². The number of benzene rings is 3. The van der Waals surface area contributed by atoms with Crippen molar-refractivity contribution in [3.8, 4) is 5.75 Å². The van der Waals surface area contributed by atoms with Gasteiger partial charge in [0.2, 0.25) is 0 Å². The molecule has 0 bridgehead atoms. The van der Waals surface area contributed by atoms with Crippen LogP contribution in [0.25, 0.3) is 5.57 Å². The van der Waals surface area contributed by atoms with E-state index in [1.54, 1.807) is 25.3 Å². The van der Waals surface area contributed by atoms with E-state index in [0.29, 0.717) is 22.7 Å². The van der Waals surface area contributed by atoms with Crippen LogP contribution in [-0.4, -0.2) is 18.9 Å². The van der Waals surface area contributed by atoms with Gasteiger partial charge in [-0.05, 0) is 67.8 Å². The number of nitrogens with zero attached hydrogens (tertiary/aromatic N) is 1. The maximum absolute atomic E-state index is 13.6. The number of rotatable bonds is 5. The normalized spacial score (nSPS) is 13.7. The summed E-state index contributed by atoms with van der Waals surface area (Å²) >= 11 is 0. The SMILES string of the molecule is COc1ccc(NC2=C(c3ccc(C)cc3C)C(=O)N(c3ccccc3C)C2=O)cc1. The van der Waals surface area contributed by atoms with Crippen LogP contribution in [0.15, 0.2) is 72.4 Å². The molecule has 5 heteroatoms. The predicted octanol–water partition coefficient (Wildman–Crippen LogP) is 5.02. The van der Waals surface area contributed by atoms with Crippen LogP contribution in [-0.2, 0) is 9.59 Å². The van der Waals surface area contributed by atoms with Crippen molar-refractivity contribution >= 4 is 28.8 Å². The van der Waals surface area contributed by atoms with Gasteiger partial charge < -0.3 is 10.1 Å². The fraction of sp³-hybridized carbons (Fsp3) is 0.154. The zero-order chi connectivity index (χ0) is 22.1. The molecule has 3 aromatic carbocycles. The van der Waals surface area contributed by atoms with Gasteiger partial charge in [0, 0.05) is 5.69 Å². The number of aryl methyl sites for hydroxylation is 3. The highest BCUT2D eigenvalue weighted by atomic mass is 16.5. The van der Waals surface area contributed by atoms with Crippen molar-refractivity contribution in [1.82, 2.24) is 0 Å². The molecular formula is C26H24N2O3. The highest BCUT2D eigenvalue weighted by molar-refractivity contribution is 6.46. The van der Waals surface area contributed by atoms with E-state index in [1.165, 1.54) is 4.90 Å². The highest BCUT2D eigenvalue weighted by Crippen LogP contribution is 2.36. The summed E-state index contributed by atoms with van der Waals surface area (Å²) in [4.78, 5) is 28.4. The molecular weight excluding hydrogens is 388 g/mol. The fourth-order valence-electron chi connectivity index (χ4n) is 3.84. The monoisotopic (exact) mass is 412 g/mol. The second kappa shape index (κ2) is 8.11. The number of ether oxygens (including phenoxy) is 1. The van der Waals surface area contributed by atoms with Crippen LogP contribution in [0.2, 0.25) is 0 Å². The Kier molecular flexibility index (Phi) is 5.34. The topological polar surface area (TPSA) is 58.6 Å². The molecule has 0 fully saturated rings. The average Bonchev–Trinajstić information content (AvgIpc) is 2.99. The Bertz CT molecular complexity index is 1210. The summed E-state index contributed by atoms with van der Waals surface area (Å²) in [7, 11) is 1.60. The molecule has 5 nitrogen and oxygen atoms in total. The Labute approximate surface area is 182 Å². The average molecular weight is 412 g/mol. The van der Waals surface area contributed by atoms with Crippen LogP contribution in [0.3, 0.4) is 0 Å². The Hall–Kier alpha value is -3.86. The quantitative estimate of drug-likeness (QED) is 0.598. The summed E-state index contributed by atoms with van der Waals surface area (Å²) < 4.78 is 5.21. The molecule has 0 unspecified atom stereocenters. The van der Waals surface area contributed by atoms with Crippen molar-refractivity contribution in [3.63, 3.8) is 0 Å². The number of hydrogen-bond donors (Lipinski definition) is 1. The van der Waals surface area contributed by atoms with Gasteiger partial charge in [0.05, 0.1) is 18.4 Å². The first-order chi connectivity index (χ1) is 14.9. The molecule has 0 radical (unpaired) electrons. The molecule has 1 heterocycles. The van der Waals surface area contributed by atoms with E-state index < -0.39 is 0 Å². The number of para-hydroxylation sites is 1. The Morgan fingerprint density at radius 2 is 1.52 bits per heavy atom. The zero-order valence-electron chi connectivity index (χ0n) is 18.0. The number of methoxy groups -OCH3 is 1. The standard InChI is InChI=1S/C26H24N2O3/c1-16-9-14-21(18(3)15-16)23-24(27-19-10-12-20(31-4)13-11-19)26(30)28(25(23)29)22-8-6-5-7-17(22)2/h5-15,27H,1-4H3. The Balaban J connectivity index is 1.85. The maximum atomic E-state index is 13.6. The lowest BCUT2D eigenvalue weighted by molar-refractivity contribution is -0.120. The summed E-state index contributed by atoms with van der Waals surface area (Å²) in [5.74, 6) is 0.0110. The third kappa shape index (κ3) is 3.70. The van der Waals surface area contributed by atoms with Gasteiger partial charge in [-0.2, -0.15) is 0 Å². The maximum Gasteiger partial charge on any atom is 0.282 e. The van der Waals surface area contributed by atoms with E-state index in [1.807, 2.05) is 69.3 Å². The van der Waals surface area contributed by atoms with Crippen molar-refractivity contribution in [2.24, 2.45) is 0 Å². The minimum absolute atomic E-state index is 0.269.